The van der Waals surface area contributed by atoms with Crippen LogP contribution < -0.4 is 0 Å². The fraction of sp³-hybridized carbons (Fsp3) is 0.190. The van der Waals surface area contributed by atoms with Crippen molar-refractivity contribution < 1.29 is 10.2 Å². The van der Waals surface area contributed by atoms with Gasteiger partial charge in [0, 0.05) is 12.4 Å². The molecule has 0 saturated carbocycles. The van der Waals surface area contributed by atoms with Crippen LogP contribution in [0, 0.1) is 0 Å². The van der Waals surface area contributed by atoms with Gasteiger partial charge in [-0.2, -0.15) is 0 Å². The molecule has 4 nitrogen and oxygen atoms in total. The van der Waals surface area contributed by atoms with Crippen molar-refractivity contribution >= 4 is 6.08 Å². The van der Waals surface area contributed by atoms with E-state index >= 15 is 0 Å². The third kappa shape index (κ3) is 4.05. The van der Waals surface area contributed by atoms with Crippen LogP contribution in [0.25, 0.3) is 17.2 Å². The number of hydrogen-bond acceptors (Lipinski definition) is 3. The van der Waals surface area contributed by atoms with Crippen LogP contribution in [-0.2, 0) is 0 Å². The highest BCUT2D eigenvalue weighted by atomic mass is 16.3. The number of nitrogens with zero attached hydrogens (tertiary/aromatic N) is 2. The molecule has 0 aliphatic rings. The Bertz CT molecular complexity index is 821. The van der Waals surface area contributed by atoms with Crippen LogP contribution in [0.3, 0.4) is 0 Å². The number of aliphatic hydroxyl groups excluding tert-OH is 2. The Balaban J connectivity index is 1.77. The second-order valence-electron chi connectivity index (χ2n) is 5.97. The molecule has 0 unspecified atom stereocenters. The average Bonchev–Trinajstić information content (AvgIpc) is 3.13. The monoisotopic (exact) mass is 334 g/mol. The molecule has 1 aromatic heterocycles. The molecule has 0 radical (unpaired) electrons. The van der Waals surface area contributed by atoms with E-state index in [1.165, 1.54) is 11.1 Å². The van der Waals surface area contributed by atoms with E-state index in [0.717, 1.165) is 5.56 Å². The summed E-state index contributed by atoms with van der Waals surface area (Å²) < 4.78 is 1.79. The average molecular weight is 334 g/mol. The zero-order chi connectivity index (χ0) is 17.6. The van der Waals surface area contributed by atoms with Gasteiger partial charge < -0.3 is 14.8 Å². The summed E-state index contributed by atoms with van der Waals surface area (Å²) in [4.78, 5) is 4.15. The largest absolute Gasteiger partial charge is 0.394 e. The van der Waals surface area contributed by atoms with Crippen molar-refractivity contribution in [2.75, 3.05) is 6.61 Å². The first-order valence-corrected chi connectivity index (χ1v) is 8.34. The molecule has 0 spiro atoms. The Hall–Kier alpha value is -2.69. The van der Waals surface area contributed by atoms with Crippen LogP contribution in [0.5, 0.6) is 0 Å². The van der Waals surface area contributed by atoms with Gasteiger partial charge in [-0.05, 0) is 23.6 Å². The quantitative estimate of drug-likeness (QED) is 0.720. The van der Waals surface area contributed by atoms with Crippen LogP contribution in [0.1, 0.15) is 30.5 Å². The molecule has 1 heterocycles. The molecule has 0 fully saturated rings. The molecule has 2 aromatic carbocycles. The van der Waals surface area contributed by atoms with Gasteiger partial charge in [-0.25, -0.2) is 4.98 Å². The Morgan fingerprint density at radius 3 is 2.36 bits per heavy atom. The third-order valence-corrected chi connectivity index (χ3v) is 4.15. The first-order valence-electron chi connectivity index (χ1n) is 8.34. The number of benzene rings is 2. The van der Waals surface area contributed by atoms with Crippen molar-refractivity contribution in [3.8, 4) is 11.1 Å². The van der Waals surface area contributed by atoms with Gasteiger partial charge >= 0.3 is 0 Å². The third-order valence-electron chi connectivity index (χ3n) is 4.15. The molecule has 0 aliphatic carbocycles. The summed E-state index contributed by atoms with van der Waals surface area (Å²) in [6.07, 6.45) is 6.62. The Morgan fingerprint density at radius 1 is 1.04 bits per heavy atom. The second-order valence-corrected chi connectivity index (χ2v) is 5.97. The zero-order valence-corrected chi connectivity index (χ0v) is 14.2. The number of aromatic nitrogens is 2. The van der Waals surface area contributed by atoms with E-state index in [1.807, 2.05) is 30.4 Å². The number of aliphatic hydroxyl groups is 2. The van der Waals surface area contributed by atoms with E-state index < -0.39 is 6.10 Å². The molecule has 3 rings (SSSR count). The normalized spacial score (nSPS) is 13.9. The first kappa shape index (κ1) is 17.1. The van der Waals surface area contributed by atoms with E-state index in [9.17, 15) is 10.2 Å². The van der Waals surface area contributed by atoms with Crippen molar-refractivity contribution in [1.82, 2.24) is 9.55 Å². The molecule has 3 aromatic rings. The fourth-order valence-electron chi connectivity index (χ4n) is 2.81. The highest BCUT2D eigenvalue weighted by molar-refractivity contribution is 5.65. The van der Waals surface area contributed by atoms with E-state index in [1.54, 1.807) is 23.9 Å². The molecule has 2 N–H and O–H groups in total. The zero-order valence-electron chi connectivity index (χ0n) is 14.2. The lowest BCUT2D eigenvalue weighted by molar-refractivity contribution is 0.175. The Labute approximate surface area is 147 Å². The molecule has 4 heteroatoms. The predicted octanol–water partition coefficient (Wildman–Crippen LogP) is 3.85. The summed E-state index contributed by atoms with van der Waals surface area (Å²) in [7, 11) is 0. The summed E-state index contributed by atoms with van der Waals surface area (Å²) in [5.74, 6) is 0.545. The minimum atomic E-state index is -0.678. The van der Waals surface area contributed by atoms with Gasteiger partial charge in [0.25, 0.3) is 0 Å². The summed E-state index contributed by atoms with van der Waals surface area (Å²) in [5.41, 5.74) is 3.41. The molecule has 128 valence electrons. The lowest BCUT2D eigenvalue weighted by Crippen LogP contribution is -2.14. The van der Waals surface area contributed by atoms with Crippen LogP contribution in [-0.4, -0.2) is 26.4 Å². The van der Waals surface area contributed by atoms with Gasteiger partial charge in [-0.15, -0.1) is 0 Å². The molecular formula is C21H22N2O2. The molecule has 0 saturated heterocycles. The SMILES string of the molecule is C[C@H](O)c1nccn1[C@@H](/C=C/c1ccc(-c2ccccc2)cc1)CO. The number of hydrogen-bond donors (Lipinski definition) is 2. The van der Waals surface area contributed by atoms with Crippen LogP contribution >= 0.6 is 0 Å². The fourth-order valence-corrected chi connectivity index (χ4v) is 2.81. The minimum Gasteiger partial charge on any atom is -0.394 e. The predicted molar refractivity (Wildman–Crippen MR) is 99.9 cm³/mol. The van der Waals surface area contributed by atoms with E-state index in [4.69, 9.17) is 0 Å². The van der Waals surface area contributed by atoms with Crippen molar-refractivity contribution in [1.29, 1.82) is 0 Å². The molecule has 2 atom stereocenters. The van der Waals surface area contributed by atoms with Crippen LogP contribution in [0.2, 0.25) is 0 Å². The topological polar surface area (TPSA) is 58.3 Å². The van der Waals surface area contributed by atoms with Gasteiger partial charge in [-0.3, -0.25) is 0 Å². The maximum atomic E-state index is 9.77. The lowest BCUT2D eigenvalue weighted by Gasteiger charge is -2.16. The van der Waals surface area contributed by atoms with Gasteiger partial charge in [-0.1, -0.05) is 66.7 Å². The van der Waals surface area contributed by atoms with E-state index in [-0.39, 0.29) is 12.6 Å². The molecule has 0 amide bonds. The van der Waals surface area contributed by atoms with E-state index in [2.05, 4.69) is 41.4 Å². The van der Waals surface area contributed by atoms with Crippen LogP contribution in [0.15, 0.2) is 73.1 Å². The minimum absolute atomic E-state index is 0.0608. The summed E-state index contributed by atoms with van der Waals surface area (Å²) in [6.45, 7) is 1.61. The van der Waals surface area contributed by atoms with Crippen LogP contribution in [0.4, 0.5) is 0 Å². The van der Waals surface area contributed by atoms with Crippen molar-refractivity contribution in [2.24, 2.45) is 0 Å². The number of imidazole rings is 1. The highest BCUT2D eigenvalue weighted by Gasteiger charge is 2.14. The lowest BCUT2D eigenvalue weighted by atomic mass is 10.0. The van der Waals surface area contributed by atoms with Gasteiger partial charge in [0.1, 0.15) is 11.9 Å². The molecule has 0 bridgehead atoms. The van der Waals surface area contributed by atoms with Gasteiger partial charge in [0.05, 0.1) is 12.6 Å². The van der Waals surface area contributed by atoms with E-state index in [0.29, 0.717) is 5.82 Å². The van der Waals surface area contributed by atoms with Crippen molar-refractivity contribution in [2.45, 2.75) is 19.1 Å². The Morgan fingerprint density at radius 2 is 1.72 bits per heavy atom. The number of rotatable bonds is 6. The smallest absolute Gasteiger partial charge is 0.137 e. The molecule has 25 heavy (non-hydrogen) atoms. The van der Waals surface area contributed by atoms with Crippen molar-refractivity contribution in [3.63, 3.8) is 0 Å². The maximum absolute atomic E-state index is 9.77. The van der Waals surface area contributed by atoms with Gasteiger partial charge in [0.2, 0.25) is 0 Å². The standard InChI is InChI=1S/C21H22N2O2/c1-16(25)21-22-13-14-23(21)20(15-24)12-9-17-7-10-19(11-8-17)18-5-3-2-4-6-18/h2-14,16,20,24-25H,15H2,1H3/b12-9+/t16-,20-/m0/s1. The Kier molecular flexibility index (Phi) is 5.43. The van der Waals surface area contributed by atoms with Gasteiger partial charge in [0.15, 0.2) is 0 Å². The first-order chi connectivity index (χ1) is 12.2. The summed E-state index contributed by atoms with van der Waals surface area (Å²) >= 11 is 0. The van der Waals surface area contributed by atoms with Crippen molar-refractivity contribution in [3.05, 3.63) is 84.5 Å². The highest BCUT2D eigenvalue weighted by Crippen LogP contribution is 2.21. The molecule has 0 aliphatic heterocycles. The maximum Gasteiger partial charge on any atom is 0.137 e. The second kappa shape index (κ2) is 7.92. The summed E-state index contributed by atoms with van der Waals surface area (Å²) in [6, 6.07) is 18.2. The summed E-state index contributed by atoms with van der Waals surface area (Å²) in [5, 5.41) is 19.5. The molecular weight excluding hydrogens is 312 g/mol.